The molecule has 1 nitrogen and oxygen atoms in total. The Bertz CT molecular complexity index is 385. The van der Waals surface area contributed by atoms with E-state index in [-0.39, 0.29) is 5.56 Å². The molecule has 0 N–H and O–H groups in total. The molecule has 1 aromatic rings. The molecule has 0 saturated heterocycles. The molecule has 1 rings (SSSR count). The topological polar surface area (TPSA) is 17.1 Å². The maximum Gasteiger partial charge on any atom is 0.302 e. The molecule has 0 spiro atoms. The summed E-state index contributed by atoms with van der Waals surface area (Å²) >= 11 is 3.06. The quantitative estimate of drug-likeness (QED) is 0.830. The molecule has 1 aromatic carbocycles. The van der Waals surface area contributed by atoms with Crippen LogP contribution in [-0.2, 0) is 11.2 Å². The second-order valence-electron chi connectivity index (χ2n) is 3.22. The van der Waals surface area contributed by atoms with Crippen LogP contribution in [0.15, 0.2) is 22.7 Å². The fraction of sp³-hybridized carbons (Fsp3) is 0.300. The maximum absolute atomic E-state index is 12.8. The SMILES string of the molecule is CC(F)(F)C(=O)Cc1cc(F)ccc1Br. The Morgan fingerprint density at radius 2 is 2.07 bits per heavy atom. The minimum Gasteiger partial charge on any atom is -0.293 e. The number of benzene rings is 1. The number of hydrogen-bond acceptors (Lipinski definition) is 1. The van der Waals surface area contributed by atoms with E-state index in [0.29, 0.717) is 11.4 Å². The molecule has 0 atom stereocenters. The first kappa shape index (κ1) is 12.2. The molecule has 0 bridgehead atoms. The van der Waals surface area contributed by atoms with E-state index in [2.05, 4.69) is 15.9 Å². The van der Waals surface area contributed by atoms with Crippen LogP contribution < -0.4 is 0 Å². The normalized spacial score (nSPS) is 11.5. The molecule has 0 unspecified atom stereocenters. The van der Waals surface area contributed by atoms with Gasteiger partial charge in [0.05, 0.1) is 0 Å². The van der Waals surface area contributed by atoms with Crippen molar-refractivity contribution >= 4 is 21.7 Å². The van der Waals surface area contributed by atoms with Gasteiger partial charge in [-0.05, 0) is 23.8 Å². The van der Waals surface area contributed by atoms with Gasteiger partial charge >= 0.3 is 5.92 Å². The van der Waals surface area contributed by atoms with Gasteiger partial charge in [-0.1, -0.05) is 15.9 Å². The summed E-state index contributed by atoms with van der Waals surface area (Å²) in [6.45, 7) is 0.530. The minimum atomic E-state index is -3.38. The molecule has 0 aliphatic heterocycles. The Morgan fingerprint density at radius 1 is 1.47 bits per heavy atom. The second kappa shape index (κ2) is 4.35. The van der Waals surface area contributed by atoms with Crippen molar-refractivity contribution in [1.82, 2.24) is 0 Å². The van der Waals surface area contributed by atoms with Gasteiger partial charge in [0.15, 0.2) is 0 Å². The van der Waals surface area contributed by atoms with Gasteiger partial charge in [-0.3, -0.25) is 4.79 Å². The Labute approximate surface area is 93.4 Å². The van der Waals surface area contributed by atoms with Gasteiger partial charge in [-0.25, -0.2) is 4.39 Å². The number of alkyl halides is 2. The third-order valence-electron chi connectivity index (χ3n) is 1.85. The van der Waals surface area contributed by atoms with Crippen LogP contribution >= 0.6 is 15.9 Å². The number of Topliss-reactive ketones (excluding diaryl/α,β-unsaturated/α-hetero) is 1. The number of carbonyl (C=O) groups is 1. The van der Waals surface area contributed by atoms with E-state index in [0.717, 1.165) is 6.07 Å². The van der Waals surface area contributed by atoms with Crippen molar-refractivity contribution in [3.05, 3.63) is 34.1 Å². The van der Waals surface area contributed by atoms with Crippen LogP contribution in [0.5, 0.6) is 0 Å². The van der Waals surface area contributed by atoms with Gasteiger partial charge in [-0.2, -0.15) is 8.78 Å². The molecule has 0 aliphatic carbocycles. The van der Waals surface area contributed by atoms with Crippen LogP contribution in [0.25, 0.3) is 0 Å². The number of carbonyl (C=O) groups excluding carboxylic acids is 1. The first-order valence-electron chi connectivity index (χ1n) is 4.16. The molecular weight excluding hydrogens is 273 g/mol. The summed E-state index contributed by atoms with van der Waals surface area (Å²) in [6, 6.07) is 3.63. The van der Waals surface area contributed by atoms with Crippen LogP contribution in [-0.4, -0.2) is 11.7 Å². The highest BCUT2D eigenvalue weighted by Crippen LogP contribution is 2.22. The lowest BCUT2D eigenvalue weighted by Crippen LogP contribution is -2.26. The molecule has 0 aliphatic rings. The van der Waals surface area contributed by atoms with Crippen LogP contribution in [0, 0.1) is 5.82 Å². The third kappa shape index (κ3) is 3.34. The molecule has 0 fully saturated rings. The molecule has 0 amide bonds. The lowest BCUT2D eigenvalue weighted by atomic mass is 10.1. The molecule has 0 radical (unpaired) electrons. The summed E-state index contributed by atoms with van der Waals surface area (Å²) in [5.74, 6) is -5.17. The van der Waals surface area contributed by atoms with Gasteiger partial charge in [0, 0.05) is 17.8 Å². The Balaban J connectivity index is 2.90. The summed E-state index contributed by atoms with van der Waals surface area (Å²) < 4.78 is 38.4. The summed E-state index contributed by atoms with van der Waals surface area (Å²) in [4.78, 5) is 11.0. The van der Waals surface area contributed by atoms with Crippen molar-refractivity contribution in [2.75, 3.05) is 0 Å². The zero-order valence-corrected chi connectivity index (χ0v) is 9.45. The highest BCUT2D eigenvalue weighted by molar-refractivity contribution is 9.10. The van der Waals surface area contributed by atoms with Crippen molar-refractivity contribution in [3.63, 3.8) is 0 Å². The molecular formula is C10H8BrF3O. The van der Waals surface area contributed by atoms with Gasteiger partial charge in [0.1, 0.15) is 5.82 Å². The molecule has 0 aromatic heterocycles. The predicted octanol–water partition coefficient (Wildman–Crippen LogP) is 3.36. The molecule has 82 valence electrons. The fourth-order valence-corrected chi connectivity index (χ4v) is 1.39. The zero-order valence-electron chi connectivity index (χ0n) is 7.86. The predicted molar refractivity (Wildman–Crippen MR) is 53.4 cm³/mol. The highest BCUT2D eigenvalue weighted by Gasteiger charge is 2.31. The smallest absolute Gasteiger partial charge is 0.293 e. The molecule has 0 heterocycles. The first-order chi connectivity index (χ1) is 6.80. The maximum atomic E-state index is 12.8. The minimum absolute atomic E-state index is 0.224. The molecule has 5 heteroatoms. The number of halogens is 4. The number of hydrogen-bond donors (Lipinski definition) is 0. The largest absolute Gasteiger partial charge is 0.302 e. The first-order valence-corrected chi connectivity index (χ1v) is 4.95. The zero-order chi connectivity index (χ0) is 11.6. The van der Waals surface area contributed by atoms with Crippen molar-refractivity contribution < 1.29 is 18.0 Å². The fourth-order valence-electron chi connectivity index (χ4n) is 1.01. The van der Waals surface area contributed by atoms with E-state index in [1.165, 1.54) is 12.1 Å². The number of ketones is 1. The average molecular weight is 281 g/mol. The number of rotatable bonds is 3. The third-order valence-corrected chi connectivity index (χ3v) is 2.62. The Morgan fingerprint density at radius 3 is 2.60 bits per heavy atom. The molecule has 15 heavy (non-hydrogen) atoms. The van der Waals surface area contributed by atoms with Gasteiger partial charge in [-0.15, -0.1) is 0 Å². The van der Waals surface area contributed by atoms with E-state index in [1.807, 2.05) is 0 Å². The van der Waals surface area contributed by atoms with Crippen LogP contribution in [0.4, 0.5) is 13.2 Å². The monoisotopic (exact) mass is 280 g/mol. The van der Waals surface area contributed by atoms with Crippen LogP contribution in [0.1, 0.15) is 12.5 Å². The van der Waals surface area contributed by atoms with E-state index >= 15 is 0 Å². The van der Waals surface area contributed by atoms with Crippen LogP contribution in [0.2, 0.25) is 0 Å². The standard InChI is InChI=1S/C10H8BrF3O/c1-10(13,14)9(15)5-6-4-7(12)2-3-8(6)11/h2-4H,5H2,1H3. The second-order valence-corrected chi connectivity index (χ2v) is 4.08. The van der Waals surface area contributed by atoms with Crippen molar-refractivity contribution in [3.8, 4) is 0 Å². The van der Waals surface area contributed by atoms with Crippen molar-refractivity contribution in [1.29, 1.82) is 0 Å². The highest BCUT2D eigenvalue weighted by atomic mass is 79.9. The van der Waals surface area contributed by atoms with Gasteiger partial charge in [0.2, 0.25) is 5.78 Å². The van der Waals surface area contributed by atoms with E-state index in [9.17, 15) is 18.0 Å². The Kier molecular flexibility index (Phi) is 3.54. The summed E-state index contributed by atoms with van der Waals surface area (Å²) in [6.07, 6.45) is -0.484. The van der Waals surface area contributed by atoms with Crippen molar-refractivity contribution in [2.24, 2.45) is 0 Å². The summed E-state index contributed by atoms with van der Waals surface area (Å²) in [5.41, 5.74) is 0.224. The van der Waals surface area contributed by atoms with Crippen LogP contribution in [0.3, 0.4) is 0 Å². The van der Waals surface area contributed by atoms with Gasteiger partial charge < -0.3 is 0 Å². The van der Waals surface area contributed by atoms with E-state index in [4.69, 9.17) is 0 Å². The van der Waals surface area contributed by atoms with Gasteiger partial charge in [0.25, 0.3) is 0 Å². The van der Waals surface area contributed by atoms with E-state index in [1.54, 1.807) is 0 Å². The van der Waals surface area contributed by atoms with Crippen molar-refractivity contribution in [2.45, 2.75) is 19.3 Å². The lowest BCUT2D eigenvalue weighted by molar-refractivity contribution is -0.139. The summed E-state index contributed by atoms with van der Waals surface area (Å²) in [7, 11) is 0. The van der Waals surface area contributed by atoms with E-state index < -0.39 is 23.9 Å². The summed E-state index contributed by atoms with van der Waals surface area (Å²) in [5, 5.41) is 0. The Hall–Kier alpha value is -0.840. The lowest BCUT2D eigenvalue weighted by Gasteiger charge is -2.09. The molecule has 0 saturated carbocycles. The average Bonchev–Trinajstić information content (AvgIpc) is 2.09.